The monoisotopic (exact) mass is 362 g/mol. The summed E-state index contributed by atoms with van der Waals surface area (Å²) < 4.78 is 5.61. The standard InChI is InChI=1S/C20H30N2O4/c1-14(2)26-18-6-4-16(5-7-18)8-9-21-19(23)13-22-11-15(3)10-17(12-22)20(24)25/h4-7,14-15,17H,8-13H2,1-3H3,(H,21,23)(H,24,25). The number of hydrogen-bond donors (Lipinski definition) is 2. The Hall–Kier alpha value is -2.08. The van der Waals surface area contributed by atoms with Crippen molar-refractivity contribution >= 4 is 11.9 Å². The summed E-state index contributed by atoms with van der Waals surface area (Å²) in [4.78, 5) is 25.3. The number of benzene rings is 1. The molecule has 26 heavy (non-hydrogen) atoms. The van der Waals surface area contributed by atoms with Gasteiger partial charge >= 0.3 is 5.97 Å². The quantitative estimate of drug-likeness (QED) is 0.741. The molecular weight excluding hydrogens is 332 g/mol. The van der Waals surface area contributed by atoms with Crippen molar-refractivity contribution in [2.45, 2.75) is 39.7 Å². The second-order valence-electron chi connectivity index (χ2n) is 7.48. The molecule has 1 aliphatic rings. The molecule has 1 aliphatic heterocycles. The third kappa shape index (κ3) is 6.67. The maximum atomic E-state index is 12.1. The summed E-state index contributed by atoms with van der Waals surface area (Å²) in [6, 6.07) is 7.90. The van der Waals surface area contributed by atoms with Crippen LogP contribution in [0.2, 0.25) is 0 Å². The SMILES string of the molecule is CC1CC(C(=O)O)CN(CC(=O)NCCc2ccc(OC(C)C)cc2)C1. The van der Waals surface area contributed by atoms with Gasteiger partial charge in [-0.25, -0.2) is 0 Å². The predicted octanol–water partition coefficient (Wildman–Crippen LogP) is 2.18. The summed E-state index contributed by atoms with van der Waals surface area (Å²) in [6.45, 7) is 8.06. The number of rotatable bonds is 8. The molecule has 1 aromatic carbocycles. The predicted molar refractivity (Wildman–Crippen MR) is 100 cm³/mol. The van der Waals surface area contributed by atoms with Gasteiger partial charge in [-0.2, -0.15) is 0 Å². The number of aliphatic carboxylic acids is 1. The van der Waals surface area contributed by atoms with E-state index in [-0.39, 0.29) is 24.5 Å². The highest BCUT2D eigenvalue weighted by molar-refractivity contribution is 5.78. The number of carboxylic acid groups (broad SMARTS) is 1. The molecule has 1 heterocycles. The van der Waals surface area contributed by atoms with Gasteiger partial charge in [0.05, 0.1) is 18.6 Å². The minimum Gasteiger partial charge on any atom is -0.491 e. The molecular formula is C20H30N2O4. The largest absolute Gasteiger partial charge is 0.491 e. The Kier molecular flexibility index (Phi) is 7.45. The van der Waals surface area contributed by atoms with E-state index in [9.17, 15) is 14.7 Å². The summed E-state index contributed by atoms with van der Waals surface area (Å²) >= 11 is 0. The van der Waals surface area contributed by atoms with Crippen LogP contribution in [0.15, 0.2) is 24.3 Å². The van der Waals surface area contributed by atoms with Gasteiger partial charge in [0.2, 0.25) is 5.91 Å². The number of hydrogen-bond acceptors (Lipinski definition) is 4. The first kappa shape index (κ1) is 20.2. The van der Waals surface area contributed by atoms with Gasteiger partial charge in [-0.05, 0) is 50.3 Å². The van der Waals surface area contributed by atoms with E-state index < -0.39 is 5.97 Å². The number of ether oxygens (including phenoxy) is 1. The molecule has 144 valence electrons. The van der Waals surface area contributed by atoms with E-state index in [0.29, 0.717) is 25.4 Å². The van der Waals surface area contributed by atoms with E-state index in [1.807, 2.05) is 49.9 Å². The van der Waals surface area contributed by atoms with Crippen LogP contribution in [0.3, 0.4) is 0 Å². The van der Waals surface area contributed by atoms with Crippen molar-refractivity contribution < 1.29 is 19.4 Å². The lowest BCUT2D eigenvalue weighted by Crippen LogP contribution is -2.47. The van der Waals surface area contributed by atoms with Crippen LogP contribution in [0.25, 0.3) is 0 Å². The zero-order chi connectivity index (χ0) is 19.1. The minimum absolute atomic E-state index is 0.0528. The van der Waals surface area contributed by atoms with Gasteiger partial charge in [-0.15, -0.1) is 0 Å². The number of carbonyl (C=O) groups excluding carboxylic acids is 1. The second-order valence-corrected chi connectivity index (χ2v) is 7.48. The lowest BCUT2D eigenvalue weighted by molar-refractivity contribution is -0.145. The lowest BCUT2D eigenvalue weighted by Gasteiger charge is -2.34. The van der Waals surface area contributed by atoms with Crippen LogP contribution in [0.4, 0.5) is 0 Å². The second kappa shape index (κ2) is 9.57. The molecule has 6 heteroatoms. The zero-order valence-electron chi connectivity index (χ0n) is 15.9. The summed E-state index contributed by atoms with van der Waals surface area (Å²) in [5.41, 5.74) is 1.14. The van der Waals surface area contributed by atoms with Crippen molar-refractivity contribution in [3.8, 4) is 5.75 Å². The van der Waals surface area contributed by atoms with Gasteiger partial charge < -0.3 is 15.2 Å². The summed E-state index contributed by atoms with van der Waals surface area (Å²) in [6.07, 6.45) is 1.59. The van der Waals surface area contributed by atoms with Gasteiger partial charge in [0.15, 0.2) is 0 Å². The molecule has 0 aromatic heterocycles. The van der Waals surface area contributed by atoms with E-state index in [1.54, 1.807) is 0 Å². The Balaban J connectivity index is 1.72. The van der Waals surface area contributed by atoms with Crippen LogP contribution < -0.4 is 10.1 Å². The molecule has 1 saturated heterocycles. The highest BCUT2D eigenvalue weighted by Gasteiger charge is 2.30. The molecule has 6 nitrogen and oxygen atoms in total. The fourth-order valence-corrected chi connectivity index (χ4v) is 3.38. The smallest absolute Gasteiger partial charge is 0.307 e. The third-order valence-corrected chi connectivity index (χ3v) is 4.48. The molecule has 0 bridgehead atoms. The van der Waals surface area contributed by atoms with Crippen molar-refractivity contribution in [2.24, 2.45) is 11.8 Å². The highest BCUT2D eigenvalue weighted by atomic mass is 16.5. The number of carbonyl (C=O) groups is 2. The molecule has 1 fully saturated rings. The van der Waals surface area contributed by atoms with Gasteiger partial charge in [0, 0.05) is 19.6 Å². The van der Waals surface area contributed by atoms with E-state index in [2.05, 4.69) is 5.32 Å². The molecule has 1 amide bonds. The fraction of sp³-hybridized carbons (Fsp3) is 0.600. The molecule has 1 aromatic rings. The molecule has 2 N–H and O–H groups in total. The van der Waals surface area contributed by atoms with Crippen molar-refractivity contribution in [1.29, 1.82) is 0 Å². The number of carboxylic acids is 1. The van der Waals surface area contributed by atoms with Crippen LogP contribution >= 0.6 is 0 Å². The Morgan fingerprint density at radius 3 is 2.58 bits per heavy atom. The van der Waals surface area contributed by atoms with Crippen molar-refractivity contribution in [2.75, 3.05) is 26.2 Å². The molecule has 0 spiro atoms. The fourth-order valence-electron chi connectivity index (χ4n) is 3.38. The number of likely N-dealkylation sites (tertiary alicyclic amines) is 1. The van der Waals surface area contributed by atoms with Gasteiger partial charge in [-0.1, -0.05) is 19.1 Å². The molecule has 0 radical (unpaired) electrons. The van der Waals surface area contributed by atoms with Crippen LogP contribution in [-0.4, -0.2) is 54.2 Å². The first-order valence-electron chi connectivity index (χ1n) is 9.31. The molecule has 0 saturated carbocycles. The van der Waals surface area contributed by atoms with Crippen molar-refractivity contribution in [3.05, 3.63) is 29.8 Å². The van der Waals surface area contributed by atoms with E-state index in [4.69, 9.17) is 4.74 Å². The van der Waals surface area contributed by atoms with Crippen molar-refractivity contribution in [3.63, 3.8) is 0 Å². The van der Waals surface area contributed by atoms with Crippen LogP contribution in [0.1, 0.15) is 32.8 Å². The maximum absolute atomic E-state index is 12.1. The first-order chi connectivity index (χ1) is 12.3. The first-order valence-corrected chi connectivity index (χ1v) is 9.31. The Bertz CT molecular complexity index is 600. The summed E-state index contributed by atoms with van der Waals surface area (Å²) in [5.74, 6) is -0.0582. The lowest BCUT2D eigenvalue weighted by atomic mass is 9.90. The van der Waals surface area contributed by atoms with Crippen LogP contribution in [0, 0.1) is 11.8 Å². The number of nitrogens with one attached hydrogen (secondary N) is 1. The normalized spacial score (nSPS) is 20.8. The Labute approximate surface area is 155 Å². The molecule has 2 atom stereocenters. The topological polar surface area (TPSA) is 78.9 Å². The zero-order valence-corrected chi connectivity index (χ0v) is 15.9. The van der Waals surface area contributed by atoms with Gasteiger partial charge in [0.25, 0.3) is 0 Å². The maximum Gasteiger partial charge on any atom is 0.307 e. The molecule has 2 rings (SSSR count). The third-order valence-electron chi connectivity index (χ3n) is 4.48. The van der Waals surface area contributed by atoms with Crippen LogP contribution in [-0.2, 0) is 16.0 Å². The average Bonchev–Trinajstić information content (AvgIpc) is 2.55. The van der Waals surface area contributed by atoms with Gasteiger partial charge in [-0.3, -0.25) is 14.5 Å². The molecule has 0 aliphatic carbocycles. The molecule has 2 unspecified atom stereocenters. The van der Waals surface area contributed by atoms with Crippen molar-refractivity contribution in [1.82, 2.24) is 10.2 Å². The summed E-state index contributed by atoms with van der Waals surface area (Å²) in [5, 5.41) is 12.1. The van der Waals surface area contributed by atoms with E-state index in [0.717, 1.165) is 24.3 Å². The Morgan fingerprint density at radius 1 is 1.27 bits per heavy atom. The highest BCUT2D eigenvalue weighted by Crippen LogP contribution is 2.21. The van der Waals surface area contributed by atoms with Gasteiger partial charge in [0.1, 0.15) is 5.75 Å². The number of nitrogens with zero attached hydrogens (tertiary/aromatic N) is 1. The average molecular weight is 362 g/mol. The Morgan fingerprint density at radius 2 is 1.96 bits per heavy atom. The van der Waals surface area contributed by atoms with Crippen LogP contribution in [0.5, 0.6) is 5.75 Å². The number of piperidine rings is 1. The van der Waals surface area contributed by atoms with E-state index in [1.165, 1.54) is 0 Å². The van der Waals surface area contributed by atoms with E-state index >= 15 is 0 Å². The summed E-state index contributed by atoms with van der Waals surface area (Å²) in [7, 11) is 0. The minimum atomic E-state index is -0.771. The number of amides is 1.